The predicted octanol–water partition coefficient (Wildman–Crippen LogP) is 4.87. The molecule has 0 aliphatic heterocycles. The van der Waals surface area contributed by atoms with Gasteiger partial charge in [0, 0.05) is 23.1 Å². The normalized spacial score (nSPS) is 10.2. The van der Waals surface area contributed by atoms with E-state index in [2.05, 4.69) is 9.97 Å². The molecule has 3 rings (SSSR count). The van der Waals surface area contributed by atoms with Crippen LogP contribution < -0.4 is 9.64 Å². The summed E-state index contributed by atoms with van der Waals surface area (Å²) in [6.07, 6.45) is 1.55. The van der Waals surface area contributed by atoms with Crippen LogP contribution in [0.15, 0.2) is 48.8 Å². The van der Waals surface area contributed by atoms with E-state index in [-0.39, 0.29) is 12.4 Å². The summed E-state index contributed by atoms with van der Waals surface area (Å²) < 4.78 is 5.47. The second-order valence-electron chi connectivity index (χ2n) is 4.84. The second-order valence-corrected chi connectivity index (χ2v) is 5.28. The zero-order chi connectivity index (χ0) is 15.5. The van der Waals surface area contributed by atoms with Crippen molar-refractivity contribution in [3.63, 3.8) is 0 Å². The summed E-state index contributed by atoms with van der Waals surface area (Å²) in [7, 11) is 1.98. The molecule has 6 heteroatoms. The minimum absolute atomic E-state index is 0. The summed E-state index contributed by atoms with van der Waals surface area (Å²) in [6.45, 7) is 2.63. The smallest absolute Gasteiger partial charge is 0.144 e. The molecule has 0 aliphatic carbocycles. The van der Waals surface area contributed by atoms with Crippen LogP contribution >= 0.6 is 24.0 Å². The standard InChI is InChI=1S/C17H16ClN3O.ClH/c1-3-22-14-7-5-13(6-8-14)21(2)17-15-9-4-12(18)10-16(15)19-11-20-17;/h4-11H,3H2,1-2H3;1H. The van der Waals surface area contributed by atoms with Crippen molar-refractivity contribution in [1.29, 1.82) is 0 Å². The second kappa shape index (κ2) is 7.49. The van der Waals surface area contributed by atoms with Gasteiger partial charge in [0.1, 0.15) is 17.9 Å². The summed E-state index contributed by atoms with van der Waals surface area (Å²) in [6, 6.07) is 13.6. The SMILES string of the molecule is CCOc1ccc(N(C)c2ncnc3cc(Cl)ccc23)cc1.Cl. The number of anilines is 2. The third-order valence-electron chi connectivity index (χ3n) is 3.43. The van der Waals surface area contributed by atoms with Crippen molar-refractivity contribution in [3.05, 3.63) is 53.8 Å². The highest BCUT2D eigenvalue weighted by Gasteiger charge is 2.10. The monoisotopic (exact) mass is 349 g/mol. The first-order valence-corrected chi connectivity index (χ1v) is 7.43. The molecule has 23 heavy (non-hydrogen) atoms. The maximum absolute atomic E-state index is 6.03. The van der Waals surface area contributed by atoms with Crippen molar-refractivity contribution in [1.82, 2.24) is 9.97 Å². The molecule has 2 aromatic carbocycles. The number of ether oxygens (including phenoxy) is 1. The number of hydrogen-bond acceptors (Lipinski definition) is 4. The van der Waals surface area contributed by atoms with Gasteiger partial charge in [-0.15, -0.1) is 12.4 Å². The van der Waals surface area contributed by atoms with Gasteiger partial charge in [0.15, 0.2) is 0 Å². The van der Waals surface area contributed by atoms with Crippen LogP contribution in [-0.2, 0) is 0 Å². The topological polar surface area (TPSA) is 38.2 Å². The van der Waals surface area contributed by atoms with Gasteiger partial charge in [-0.1, -0.05) is 11.6 Å². The molecule has 1 aromatic heterocycles. The van der Waals surface area contributed by atoms with Gasteiger partial charge in [-0.25, -0.2) is 9.97 Å². The number of fused-ring (bicyclic) bond motifs is 1. The summed E-state index contributed by atoms with van der Waals surface area (Å²) in [5.74, 6) is 1.70. The van der Waals surface area contributed by atoms with Crippen LogP contribution in [0.5, 0.6) is 5.75 Å². The van der Waals surface area contributed by atoms with E-state index in [0.29, 0.717) is 11.6 Å². The van der Waals surface area contributed by atoms with E-state index < -0.39 is 0 Å². The molecule has 120 valence electrons. The molecule has 0 unspecified atom stereocenters. The van der Waals surface area contributed by atoms with Crippen LogP contribution in [0.3, 0.4) is 0 Å². The van der Waals surface area contributed by atoms with Crippen molar-refractivity contribution in [2.45, 2.75) is 6.92 Å². The van der Waals surface area contributed by atoms with E-state index in [0.717, 1.165) is 28.2 Å². The fourth-order valence-corrected chi connectivity index (χ4v) is 2.50. The largest absolute Gasteiger partial charge is 0.494 e. The van der Waals surface area contributed by atoms with Crippen molar-refractivity contribution >= 4 is 46.4 Å². The molecule has 0 saturated carbocycles. The fourth-order valence-electron chi connectivity index (χ4n) is 2.34. The quantitative estimate of drug-likeness (QED) is 0.673. The molecule has 0 spiro atoms. The van der Waals surface area contributed by atoms with Crippen molar-refractivity contribution in [2.75, 3.05) is 18.6 Å². The van der Waals surface area contributed by atoms with Crippen LogP contribution in [0.4, 0.5) is 11.5 Å². The lowest BCUT2D eigenvalue weighted by Crippen LogP contribution is -2.12. The fraction of sp³-hybridized carbons (Fsp3) is 0.176. The van der Waals surface area contributed by atoms with Crippen molar-refractivity contribution in [3.8, 4) is 5.75 Å². The van der Waals surface area contributed by atoms with E-state index in [1.807, 2.05) is 61.3 Å². The molecule has 4 nitrogen and oxygen atoms in total. The van der Waals surface area contributed by atoms with Crippen LogP contribution in [0, 0.1) is 0 Å². The van der Waals surface area contributed by atoms with Crippen LogP contribution in [-0.4, -0.2) is 23.6 Å². The maximum atomic E-state index is 6.03. The average Bonchev–Trinajstić information content (AvgIpc) is 2.54. The molecule has 0 saturated heterocycles. The third kappa shape index (κ3) is 3.66. The molecular weight excluding hydrogens is 333 g/mol. The zero-order valence-corrected chi connectivity index (χ0v) is 14.4. The van der Waals surface area contributed by atoms with Gasteiger partial charge in [0.05, 0.1) is 12.1 Å². The highest BCUT2D eigenvalue weighted by molar-refractivity contribution is 6.31. The molecule has 0 aliphatic rings. The molecule has 1 heterocycles. The van der Waals surface area contributed by atoms with Gasteiger partial charge < -0.3 is 9.64 Å². The first-order valence-electron chi connectivity index (χ1n) is 7.06. The Hall–Kier alpha value is -2.04. The third-order valence-corrected chi connectivity index (χ3v) is 3.67. The summed E-state index contributed by atoms with van der Waals surface area (Å²) in [5.41, 5.74) is 1.86. The Bertz CT molecular complexity index is 793. The molecule has 0 atom stereocenters. The average molecular weight is 350 g/mol. The lowest BCUT2D eigenvalue weighted by atomic mass is 10.2. The Morgan fingerprint density at radius 2 is 1.83 bits per heavy atom. The summed E-state index contributed by atoms with van der Waals surface area (Å²) in [4.78, 5) is 10.7. The van der Waals surface area contributed by atoms with E-state index in [4.69, 9.17) is 16.3 Å². The Balaban J connectivity index is 0.00000192. The molecule has 0 radical (unpaired) electrons. The van der Waals surface area contributed by atoms with Crippen molar-refractivity contribution in [2.24, 2.45) is 0 Å². The molecule has 0 N–H and O–H groups in total. The van der Waals surface area contributed by atoms with Gasteiger partial charge in [-0.2, -0.15) is 0 Å². The lowest BCUT2D eigenvalue weighted by Gasteiger charge is -2.20. The van der Waals surface area contributed by atoms with Gasteiger partial charge in [-0.3, -0.25) is 0 Å². The van der Waals surface area contributed by atoms with Gasteiger partial charge >= 0.3 is 0 Å². The van der Waals surface area contributed by atoms with Crippen LogP contribution in [0.2, 0.25) is 5.02 Å². The Morgan fingerprint density at radius 1 is 1.09 bits per heavy atom. The van der Waals surface area contributed by atoms with Crippen molar-refractivity contribution < 1.29 is 4.74 Å². The van der Waals surface area contributed by atoms with E-state index in [9.17, 15) is 0 Å². The molecule has 3 aromatic rings. The Labute approximate surface area is 146 Å². The van der Waals surface area contributed by atoms with Crippen LogP contribution in [0.1, 0.15) is 6.92 Å². The zero-order valence-electron chi connectivity index (χ0n) is 12.9. The summed E-state index contributed by atoms with van der Waals surface area (Å²) >= 11 is 6.03. The highest BCUT2D eigenvalue weighted by Crippen LogP contribution is 2.30. The summed E-state index contributed by atoms with van der Waals surface area (Å²) in [5, 5.41) is 1.63. The lowest BCUT2D eigenvalue weighted by molar-refractivity contribution is 0.340. The number of rotatable bonds is 4. The first kappa shape index (κ1) is 17.3. The number of benzene rings is 2. The van der Waals surface area contributed by atoms with Gasteiger partial charge in [0.2, 0.25) is 0 Å². The van der Waals surface area contributed by atoms with Gasteiger partial charge in [0.25, 0.3) is 0 Å². The maximum Gasteiger partial charge on any atom is 0.144 e. The first-order chi connectivity index (χ1) is 10.7. The molecule has 0 amide bonds. The Morgan fingerprint density at radius 3 is 2.52 bits per heavy atom. The number of halogens is 2. The highest BCUT2D eigenvalue weighted by atomic mass is 35.5. The number of aromatic nitrogens is 2. The van der Waals surface area contributed by atoms with E-state index >= 15 is 0 Å². The molecule has 0 fully saturated rings. The molecular formula is C17H17Cl2N3O. The predicted molar refractivity (Wildman–Crippen MR) is 97.5 cm³/mol. The Kier molecular flexibility index (Phi) is 5.64. The van der Waals surface area contributed by atoms with Crippen LogP contribution in [0.25, 0.3) is 10.9 Å². The van der Waals surface area contributed by atoms with Gasteiger partial charge in [-0.05, 0) is 49.4 Å². The van der Waals surface area contributed by atoms with E-state index in [1.165, 1.54) is 0 Å². The minimum atomic E-state index is 0. The van der Waals surface area contributed by atoms with E-state index in [1.54, 1.807) is 6.33 Å². The minimum Gasteiger partial charge on any atom is -0.494 e. The number of hydrogen-bond donors (Lipinski definition) is 0. The number of nitrogens with zero attached hydrogens (tertiary/aromatic N) is 3. The molecule has 0 bridgehead atoms.